The lowest BCUT2D eigenvalue weighted by Gasteiger charge is -2.13. The molecule has 0 unspecified atom stereocenters. The fourth-order valence-electron chi connectivity index (χ4n) is 2.04. The summed E-state index contributed by atoms with van der Waals surface area (Å²) in [6.45, 7) is 6.11. The van der Waals surface area contributed by atoms with Crippen molar-refractivity contribution in [3.63, 3.8) is 0 Å². The molecule has 0 fully saturated rings. The summed E-state index contributed by atoms with van der Waals surface area (Å²) in [4.78, 5) is 15.8. The van der Waals surface area contributed by atoms with Gasteiger partial charge in [-0.05, 0) is 36.5 Å². The highest BCUT2D eigenvalue weighted by molar-refractivity contribution is 5.94. The molecule has 1 rings (SSSR count). The van der Waals surface area contributed by atoms with Crippen LogP contribution in [-0.4, -0.2) is 39.1 Å². The van der Waals surface area contributed by atoms with Crippen LogP contribution in [0.3, 0.4) is 0 Å². The summed E-state index contributed by atoms with van der Waals surface area (Å²) in [7, 11) is 3.42. The Morgan fingerprint density at radius 2 is 1.95 bits per heavy atom. The van der Waals surface area contributed by atoms with E-state index in [9.17, 15) is 4.79 Å². The highest BCUT2D eigenvalue weighted by Crippen LogP contribution is 2.05. The molecule has 1 amide bonds. The molecule has 122 valence electrons. The summed E-state index contributed by atoms with van der Waals surface area (Å²) in [5.74, 6) is 1.45. The first-order valence-electron chi connectivity index (χ1n) is 7.82. The average molecular weight is 304 g/mol. The largest absolute Gasteiger partial charge is 0.356 e. The monoisotopic (exact) mass is 304 g/mol. The van der Waals surface area contributed by atoms with Gasteiger partial charge in [-0.3, -0.25) is 9.79 Å². The second-order valence-electron chi connectivity index (χ2n) is 5.64. The van der Waals surface area contributed by atoms with Gasteiger partial charge in [-0.1, -0.05) is 26.0 Å². The SMILES string of the molecule is CN=C(NCCc1cccc(C(=O)NC)c1)NCCC(C)C. The van der Waals surface area contributed by atoms with Gasteiger partial charge in [-0.2, -0.15) is 0 Å². The van der Waals surface area contributed by atoms with Crippen molar-refractivity contribution < 1.29 is 4.79 Å². The summed E-state index contributed by atoms with van der Waals surface area (Å²) < 4.78 is 0. The molecule has 0 bridgehead atoms. The van der Waals surface area contributed by atoms with Crippen molar-refractivity contribution in [2.45, 2.75) is 26.7 Å². The van der Waals surface area contributed by atoms with Crippen LogP contribution in [-0.2, 0) is 6.42 Å². The fraction of sp³-hybridized carbons (Fsp3) is 0.529. The number of amides is 1. The van der Waals surface area contributed by atoms with E-state index in [4.69, 9.17) is 0 Å². The van der Waals surface area contributed by atoms with Crippen LogP contribution in [0.2, 0.25) is 0 Å². The lowest BCUT2D eigenvalue weighted by Crippen LogP contribution is -2.39. The van der Waals surface area contributed by atoms with Crippen molar-refractivity contribution in [3.05, 3.63) is 35.4 Å². The minimum atomic E-state index is -0.0547. The molecule has 0 radical (unpaired) electrons. The van der Waals surface area contributed by atoms with Crippen molar-refractivity contribution in [1.29, 1.82) is 0 Å². The summed E-state index contributed by atoms with van der Waals surface area (Å²) in [5.41, 5.74) is 1.82. The first-order chi connectivity index (χ1) is 10.6. The number of nitrogens with zero attached hydrogens (tertiary/aromatic N) is 1. The first-order valence-corrected chi connectivity index (χ1v) is 7.82. The number of rotatable bonds is 7. The van der Waals surface area contributed by atoms with E-state index in [1.807, 2.05) is 24.3 Å². The van der Waals surface area contributed by atoms with Crippen molar-refractivity contribution >= 4 is 11.9 Å². The van der Waals surface area contributed by atoms with Gasteiger partial charge >= 0.3 is 0 Å². The van der Waals surface area contributed by atoms with Crippen molar-refractivity contribution in [2.75, 3.05) is 27.2 Å². The smallest absolute Gasteiger partial charge is 0.251 e. The van der Waals surface area contributed by atoms with E-state index in [0.717, 1.165) is 37.5 Å². The summed E-state index contributed by atoms with van der Waals surface area (Å²) in [6.07, 6.45) is 1.96. The van der Waals surface area contributed by atoms with Gasteiger partial charge in [0.15, 0.2) is 5.96 Å². The van der Waals surface area contributed by atoms with Gasteiger partial charge in [-0.25, -0.2) is 0 Å². The zero-order valence-corrected chi connectivity index (χ0v) is 14.1. The Labute approximate surface area is 133 Å². The molecule has 0 aliphatic rings. The molecule has 3 N–H and O–H groups in total. The predicted molar refractivity (Wildman–Crippen MR) is 92.4 cm³/mol. The third kappa shape index (κ3) is 6.61. The van der Waals surface area contributed by atoms with Gasteiger partial charge in [0, 0.05) is 32.7 Å². The molecule has 0 aromatic heterocycles. The van der Waals surface area contributed by atoms with Gasteiger partial charge < -0.3 is 16.0 Å². The summed E-state index contributed by atoms with van der Waals surface area (Å²) in [5, 5.41) is 9.23. The van der Waals surface area contributed by atoms with E-state index in [0.29, 0.717) is 11.5 Å². The minimum Gasteiger partial charge on any atom is -0.356 e. The first kappa shape index (κ1) is 18.0. The maximum absolute atomic E-state index is 11.6. The Balaban J connectivity index is 2.41. The Bertz CT molecular complexity index is 497. The molecule has 1 aromatic rings. The Kier molecular flexibility index (Phi) is 8.04. The van der Waals surface area contributed by atoms with Gasteiger partial charge in [0.2, 0.25) is 0 Å². The van der Waals surface area contributed by atoms with Crippen LogP contribution in [0.15, 0.2) is 29.3 Å². The molecule has 22 heavy (non-hydrogen) atoms. The zero-order valence-electron chi connectivity index (χ0n) is 14.1. The van der Waals surface area contributed by atoms with E-state index in [2.05, 4.69) is 34.8 Å². The standard InChI is InChI=1S/C17H28N4O/c1-13(2)8-10-20-17(19-4)21-11-9-14-6-5-7-15(12-14)16(22)18-3/h5-7,12-13H,8-11H2,1-4H3,(H,18,22)(H2,19,20,21). The van der Waals surface area contributed by atoms with Crippen LogP contribution in [0.1, 0.15) is 36.2 Å². The van der Waals surface area contributed by atoms with E-state index in [1.54, 1.807) is 14.1 Å². The molecule has 0 saturated heterocycles. The molecule has 0 heterocycles. The topological polar surface area (TPSA) is 65.5 Å². The van der Waals surface area contributed by atoms with Crippen LogP contribution in [0, 0.1) is 5.92 Å². The number of benzene rings is 1. The van der Waals surface area contributed by atoms with Crippen molar-refractivity contribution in [1.82, 2.24) is 16.0 Å². The summed E-state index contributed by atoms with van der Waals surface area (Å²) in [6, 6.07) is 7.69. The highest BCUT2D eigenvalue weighted by atomic mass is 16.1. The summed E-state index contributed by atoms with van der Waals surface area (Å²) >= 11 is 0. The second-order valence-corrected chi connectivity index (χ2v) is 5.64. The average Bonchev–Trinajstić information content (AvgIpc) is 2.52. The van der Waals surface area contributed by atoms with E-state index in [-0.39, 0.29) is 5.91 Å². The molecular formula is C17H28N4O. The number of guanidine groups is 1. The molecule has 0 atom stereocenters. The Morgan fingerprint density at radius 1 is 1.23 bits per heavy atom. The third-order valence-corrected chi connectivity index (χ3v) is 3.36. The van der Waals surface area contributed by atoms with Gasteiger partial charge in [0.05, 0.1) is 0 Å². The number of carbonyl (C=O) groups excluding carboxylic acids is 1. The van der Waals surface area contributed by atoms with Crippen LogP contribution < -0.4 is 16.0 Å². The van der Waals surface area contributed by atoms with Crippen molar-refractivity contribution in [2.24, 2.45) is 10.9 Å². The maximum atomic E-state index is 11.6. The lowest BCUT2D eigenvalue weighted by atomic mass is 10.1. The quantitative estimate of drug-likeness (QED) is 0.531. The van der Waals surface area contributed by atoms with Gasteiger partial charge in [0.1, 0.15) is 0 Å². The second kappa shape index (κ2) is 9.82. The molecule has 0 saturated carbocycles. The zero-order chi connectivity index (χ0) is 16.4. The van der Waals surface area contributed by atoms with Crippen LogP contribution in [0.4, 0.5) is 0 Å². The van der Waals surface area contributed by atoms with Crippen LogP contribution >= 0.6 is 0 Å². The molecular weight excluding hydrogens is 276 g/mol. The molecule has 0 spiro atoms. The van der Waals surface area contributed by atoms with E-state index < -0.39 is 0 Å². The maximum Gasteiger partial charge on any atom is 0.251 e. The van der Waals surface area contributed by atoms with Crippen LogP contribution in [0.5, 0.6) is 0 Å². The van der Waals surface area contributed by atoms with Gasteiger partial charge in [-0.15, -0.1) is 0 Å². The predicted octanol–water partition coefficient (Wildman–Crippen LogP) is 1.80. The van der Waals surface area contributed by atoms with E-state index >= 15 is 0 Å². The Hall–Kier alpha value is -2.04. The van der Waals surface area contributed by atoms with Crippen LogP contribution in [0.25, 0.3) is 0 Å². The van der Waals surface area contributed by atoms with Crippen molar-refractivity contribution in [3.8, 4) is 0 Å². The molecule has 5 nitrogen and oxygen atoms in total. The minimum absolute atomic E-state index is 0.0547. The number of aliphatic imine (C=N–C) groups is 1. The fourth-order valence-corrected chi connectivity index (χ4v) is 2.04. The number of carbonyl (C=O) groups is 1. The molecule has 0 aliphatic heterocycles. The molecule has 0 aliphatic carbocycles. The lowest BCUT2D eigenvalue weighted by molar-refractivity contribution is 0.0963. The number of nitrogens with one attached hydrogen (secondary N) is 3. The van der Waals surface area contributed by atoms with E-state index in [1.165, 1.54) is 0 Å². The number of hydrogen-bond donors (Lipinski definition) is 3. The normalized spacial score (nSPS) is 11.4. The molecule has 5 heteroatoms. The third-order valence-electron chi connectivity index (χ3n) is 3.36. The van der Waals surface area contributed by atoms with Gasteiger partial charge in [0.25, 0.3) is 5.91 Å². The molecule has 1 aromatic carbocycles. The number of hydrogen-bond acceptors (Lipinski definition) is 2. The Morgan fingerprint density at radius 3 is 2.59 bits per heavy atom. The highest BCUT2D eigenvalue weighted by Gasteiger charge is 2.04.